The molecule has 4 heteroatoms. The molecule has 1 atom stereocenters. The SMILES string of the molecule is CC1CC(NC(C)c2c(Cl)ccc(F)c2Cl)C1. The third-order valence-electron chi connectivity index (χ3n) is 3.37. The van der Waals surface area contributed by atoms with Crippen molar-refractivity contribution in [2.24, 2.45) is 5.92 Å². The fraction of sp³-hybridized carbons (Fsp3) is 0.538. The van der Waals surface area contributed by atoms with Crippen LogP contribution in [0.1, 0.15) is 38.3 Å². The van der Waals surface area contributed by atoms with Crippen LogP contribution in [-0.2, 0) is 0 Å². The summed E-state index contributed by atoms with van der Waals surface area (Å²) < 4.78 is 13.4. The lowest BCUT2D eigenvalue weighted by molar-refractivity contribution is 0.226. The highest BCUT2D eigenvalue weighted by Crippen LogP contribution is 2.35. The number of hydrogen-bond donors (Lipinski definition) is 1. The first kappa shape index (κ1) is 13.1. The third-order valence-corrected chi connectivity index (χ3v) is 4.09. The molecule has 1 aliphatic rings. The molecule has 0 saturated heterocycles. The Balaban J connectivity index is 2.13. The van der Waals surface area contributed by atoms with E-state index in [1.807, 2.05) is 6.92 Å². The molecular weight excluding hydrogens is 260 g/mol. The van der Waals surface area contributed by atoms with E-state index in [1.54, 1.807) is 6.07 Å². The monoisotopic (exact) mass is 275 g/mol. The van der Waals surface area contributed by atoms with Gasteiger partial charge in [0.05, 0.1) is 5.02 Å². The predicted molar refractivity (Wildman–Crippen MR) is 70.2 cm³/mol. The minimum absolute atomic E-state index is 0.0248. The fourth-order valence-electron chi connectivity index (χ4n) is 2.42. The van der Waals surface area contributed by atoms with Gasteiger partial charge in [-0.05, 0) is 37.8 Å². The van der Waals surface area contributed by atoms with Gasteiger partial charge in [0.25, 0.3) is 0 Å². The average molecular weight is 276 g/mol. The lowest BCUT2D eigenvalue weighted by Crippen LogP contribution is -2.41. The van der Waals surface area contributed by atoms with E-state index in [4.69, 9.17) is 23.2 Å². The molecule has 1 unspecified atom stereocenters. The molecule has 1 N–H and O–H groups in total. The molecule has 2 rings (SSSR count). The first-order chi connectivity index (χ1) is 7.99. The van der Waals surface area contributed by atoms with E-state index in [-0.39, 0.29) is 11.1 Å². The molecule has 1 fully saturated rings. The van der Waals surface area contributed by atoms with Gasteiger partial charge in [0.1, 0.15) is 5.82 Å². The lowest BCUT2D eigenvalue weighted by Gasteiger charge is -2.36. The topological polar surface area (TPSA) is 12.0 Å². The number of halogens is 3. The largest absolute Gasteiger partial charge is 0.307 e. The van der Waals surface area contributed by atoms with Gasteiger partial charge in [0.2, 0.25) is 0 Å². The second kappa shape index (κ2) is 5.13. The van der Waals surface area contributed by atoms with Crippen molar-refractivity contribution in [2.75, 3.05) is 0 Å². The molecule has 1 saturated carbocycles. The number of benzene rings is 1. The summed E-state index contributed by atoms with van der Waals surface area (Å²) in [7, 11) is 0. The Hall–Kier alpha value is -0.310. The highest BCUT2D eigenvalue weighted by atomic mass is 35.5. The molecule has 94 valence electrons. The van der Waals surface area contributed by atoms with Crippen molar-refractivity contribution in [3.05, 3.63) is 33.6 Å². The quantitative estimate of drug-likeness (QED) is 0.797. The van der Waals surface area contributed by atoms with Crippen LogP contribution in [0.2, 0.25) is 10.0 Å². The predicted octanol–water partition coefficient (Wildman–Crippen LogP) is 4.58. The zero-order valence-electron chi connectivity index (χ0n) is 9.93. The van der Waals surface area contributed by atoms with E-state index in [0.29, 0.717) is 16.6 Å². The molecule has 0 radical (unpaired) electrons. The van der Waals surface area contributed by atoms with Crippen molar-refractivity contribution in [1.29, 1.82) is 0 Å². The normalized spacial score (nSPS) is 25.5. The van der Waals surface area contributed by atoms with Crippen LogP contribution in [0.25, 0.3) is 0 Å². The van der Waals surface area contributed by atoms with Crippen molar-refractivity contribution in [3.63, 3.8) is 0 Å². The standard InChI is InChI=1S/C13H16Cl2FN/c1-7-5-9(6-7)17-8(2)12-10(14)3-4-11(16)13(12)15/h3-4,7-9,17H,5-6H2,1-2H3. The summed E-state index contributed by atoms with van der Waals surface area (Å²) in [5.41, 5.74) is 0.660. The molecule has 1 aromatic rings. The lowest BCUT2D eigenvalue weighted by atomic mass is 9.81. The molecule has 0 spiro atoms. The van der Waals surface area contributed by atoms with Gasteiger partial charge < -0.3 is 5.32 Å². The van der Waals surface area contributed by atoms with Crippen LogP contribution in [0.15, 0.2) is 12.1 Å². The van der Waals surface area contributed by atoms with E-state index >= 15 is 0 Å². The molecule has 17 heavy (non-hydrogen) atoms. The van der Waals surface area contributed by atoms with Crippen LogP contribution in [-0.4, -0.2) is 6.04 Å². The first-order valence-electron chi connectivity index (χ1n) is 5.88. The van der Waals surface area contributed by atoms with Crippen molar-refractivity contribution >= 4 is 23.2 Å². The number of rotatable bonds is 3. The van der Waals surface area contributed by atoms with E-state index < -0.39 is 5.82 Å². The van der Waals surface area contributed by atoms with Crippen LogP contribution in [0, 0.1) is 11.7 Å². The number of hydrogen-bond acceptors (Lipinski definition) is 1. The maximum Gasteiger partial charge on any atom is 0.142 e. The smallest absolute Gasteiger partial charge is 0.142 e. The summed E-state index contributed by atoms with van der Waals surface area (Å²) in [6.45, 7) is 4.19. The number of nitrogens with one attached hydrogen (secondary N) is 1. The Kier molecular flexibility index (Phi) is 3.96. The molecule has 0 heterocycles. The van der Waals surface area contributed by atoms with Crippen LogP contribution in [0.3, 0.4) is 0 Å². The van der Waals surface area contributed by atoms with Crippen molar-refractivity contribution in [3.8, 4) is 0 Å². The minimum atomic E-state index is -0.415. The van der Waals surface area contributed by atoms with Crippen molar-refractivity contribution < 1.29 is 4.39 Å². The Labute approximate surface area is 111 Å². The van der Waals surface area contributed by atoms with E-state index in [1.165, 1.54) is 6.07 Å². The molecule has 1 aliphatic carbocycles. The Morgan fingerprint density at radius 1 is 1.35 bits per heavy atom. The highest BCUT2D eigenvalue weighted by molar-refractivity contribution is 6.36. The van der Waals surface area contributed by atoms with Gasteiger partial charge in [-0.25, -0.2) is 4.39 Å². The Morgan fingerprint density at radius 2 is 2.00 bits per heavy atom. The molecule has 0 aromatic heterocycles. The van der Waals surface area contributed by atoms with Crippen LogP contribution in [0.5, 0.6) is 0 Å². The zero-order valence-corrected chi connectivity index (χ0v) is 11.4. The second-order valence-electron chi connectivity index (χ2n) is 4.92. The van der Waals surface area contributed by atoms with Gasteiger partial charge in [-0.1, -0.05) is 30.1 Å². The van der Waals surface area contributed by atoms with Crippen molar-refractivity contribution in [2.45, 2.75) is 38.8 Å². The zero-order chi connectivity index (χ0) is 12.6. The van der Waals surface area contributed by atoms with E-state index in [9.17, 15) is 4.39 Å². The molecular formula is C13H16Cl2FN. The van der Waals surface area contributed by atoms with Crippen LogP contribution < -0.4 is 5.32 Å². The molecule has 0 amide bonds. The highest BCUT2D eigenvalue weighted by Gasteiger charge is 2.28. The maximum atomic E-state index is 13.4. The maximum absolute atomic E-state index is 13.4. The molecule has 0 aliphatic heterocycles. The van der Waals surface area contributed by atoms with E-state index in [2.05, 4.69) is 12.2 Å². The Bertz CT molecular complexity index is 416. The van der Waals surface area contributed by atoms with Gasteiger partial charge in [-0.2, -0.15) is 0 Å². The average Bonchev–Trinajstić information content (AvgIpc) is 2.22. The summed E-state index contributed by atoms with van der Waals surface area (Å²) in [5, 5.41) is 4.08. The van der Waals surface area contributed by atoms with Crippen molar-refractivity contribution in [1.82, 2.24) is 5.32 Å². The molecule has 1 aromatic carbocycles. The third kappa shape index (κ3) is 2.75. The van der Waals surface area contributed by atoms with Gasteiger partial charge in [0.15, 0.2) is 0 Å². The fourth-order valence-corrected chi connectivity index (χ4v) is 3.11. The van der Waals surface area contributed by atoms with Gasteiger partial charge in [0, 0.05) is 22.7 Å². The summed E-state index contributed by atoms with van der Waals surface area (Å²) in [6, 6.07) is 3.32. The van der Waals surface area contributed by atoms with Gasteiger partial charge in [-0.3, -0.25) is 0 Å². The van der Waals surface area contributed by atoms with Gasteiger partial charge in [-0.15, -0.1) is 0 Å². The summed E-state index contributed by atoms with van der Waals surface area (Å²) in [5.74, 6) is 0.361. The Morgan fingerprint density at radius 3 is 2.59 bits per heavy atom. The van der Waals surface area contributed by atoms with Gasteiger partial charge >= 0.3 is 0 Å². The summed E-state index contributed by atoms with van der Waals surface area (Å²) in [6.07, 6.45) is 2.32. The molecule has 0 bridgehead atoms. The molecule has 1 nitrogen and oxygen atoms in total. The van der Waals surface area contributed by atoms with E-state index in [0.717, 1.165) is 18.8 Å². The summed E-state index contributed by atoms with van der Waals surface area (Å²) in [4.78, 5) is 0. The van der Waals surface area contributed by atoms with Crippen LogP contribution >= 0.6 is 23.2 Å². The van der Waals surface area contributed by atoms with Crippen LogP contribution in [0.4, 0.5) is 4.39 Å². The first-order valence-corrected chi connectivity index (χ1v) is 6.64. The minimum Gasteiger partial charge on any atom is -0.307 e. The second-order valence-corrected chi connectivity index (χ2v) is 5.70. The summed E-state index contributed by atoms with van der Waals surface area (Å²) >= 11 is 12.0.